The van der Waals surface area contributed by atoms with Gasteiger partial charge >= 0.3 is 0 Å². The number of carbonyl (C=O) groups is 2. The second kappa shape index (κ2) is 9.12. The SMILES string of the molecule is Cc1nn(-c2cccc(Cl)c2)c2sc(C(=O)Nc3ccccc3N3CCC(C(N)=O)CC3)cc12. The number of hydrogen-bond donors (Lipinski definition) is 2. The molecule has 1 aliphatic rings. The van der Waals surface area contributed by atoms with Gasteiger partial charge in [-0.3, -0.25) is 9.59 Å². The van der Waals surface area contributed by atoms with Crippen molar-refractivity contribution in [2.75, 3.05) is 23.3 Å². The van der Waals surface area contributed by atoms with Gasteiger partial charge in [0.05, 0.1) is 27.6 Å². The summed E-state index contributed by atoms with van der Waals surface area (Å²) in [4.78, 5) is 28.4. The lowest BCUT2D eigenvalue weighted by molar-refractivity contribution is -0.122. The molecule has 4 aromatic rings. The first-order valence-electron chi connectivity index (χ1n) is 11.1. The fraction of sp³-hybridized carbons (Fsp3) is 0.240. The Balaban J connectivity index is 1.40. The first-order chi connectivity index (χ1) is 16.4. The van der Waals surface area contributed by atoms with E-state index in [2.05, 4.69) is 15.3 Å². The van der Waals surface area contributed by atoms with Gasteiger partial charge in [-0.05, 0) is 56.2 Å². The zero-order valence-corrected chi connectivity index (χ0v) is 20.2. The minimum Gasteiger partial charge on any atom is -0.370 e. The highest BCUT2D eigenvalue weighted by atomic mass is 35.5. The highest BCUT2D eigenvalue weighted by Crippen LogP contribution is 2.33. The van der Waals surface area contributed by atoms with Gasteiger partial charge in [-0.1, -0.05) is 29.8 Å². The molecule has 2 amide bonds. The number of hydrogen-bond acceptors (Lipinski definition) is 5. The lowest BCUT2D eigenvalue weighted by atomic mass is 9.96. The van der Waals surface area contributed by atoms with Gasteiger partial charge in [-0.25, -0.2) is 4.68 Å². The van der Waals surface area contributed by atoms with Gasteiger partial charge in [-0.2, -0.15) is 5.10 Å². The van der Waals surface area contributed by atoms with Crippen molar-refractivity contribution in [3.63, 3.8) is 0 Å². The van der Waals surface area contributed by atoms with Crippen LogP contribution in [-0.2, 0) is 4.79 Å². The fourth-order valence-corrected chi connectivity index (χ4v) is 5.65. The lowest BCUT2D eigenvalue weighted by Gasteiger charge is -2.33. The predicted octanol–water partition coefficient (Wildman–Crippen LogP) is 5.00. The van der Waals surface area contributed by atoms with Gasteiger partial charge in [0.15, 0.2) is 0 Å². The molecule has 0 saturated carbocycles. The molecule has 174 valence electrons. The molecule has 9 heteroatoms. The van der Waals surface area contributed by atoms with Crippen LogP contribution < -0.4 is 16.0 Å². The molecule has 0 aliphatic carbocycles. The van der Waals surface area contributed by atoms with E-state index in [0.717, 1.165) is 46.1 Å². The third kappa shape index (κ3) is 4.26. The molecule has 0 unspecified atom stereocenters. The van der Waals surface area contributed by atoms with E-state index in [9.17, 15) is 9.59 Å². The Bertz CT molecular complexity index is 1390. The van der Waals surface area contributed by atoms with Gasteiger partial charge in [0.25, 0.3) is 5.91 Å². The standard InChI is InChI=1S/C25H24ClN5O2S/c1-15-19-14-22(34-25(19)31(29-15)18-6-4-5-17(26)13-18)24(33)28-20-7-2-3-8-21(20)30-11-9-16(10-12-30)23(27)32/h2-8,13-14,16H,9-12H2,1H3,(H2,27,32)(H,28,33). The molecule has 3 N–H and O–H groups in total. The molecular weight excluding hydrogens is 470 g/mol. The summed E-state index contributed by atoms with van der Waals surface area (Å²) in [7, 11) is 0. The third-order valence-electron chi connectivity index (χ3n) is 6.21. The number of anilines is 2. The Morgan fingerprint density at radius 3 is 2.62 bits per heavy atom. The average molecular weight is 494 g/mol. The summed E-state index contributed by atoms with van der Waals surface area (Å²) in [6, 6.07) is 17.1. The van der Waals surface area contributed by atoms with Crippen molar-refractivity contribution < 1.29 is 9.59 Å². The van der Waals surface area contributed by atoms with Gasteiger partial charge in [0, 0.05) is 29.4 Å². The second-order valence-electron chi connectivity index (χ2n) is 8.44. The van der Waals surface area contributed by atoms with Crippen LogP contribution in [0, 0.1) is 12.8 Å². The number of halogens is 1. The summed E-state index contributed by atoms with van der Waals surface area (Å²) in [5.74, 6) is -0.491. The second-order valence-corrected chi connectivity index (χ2v) is 9.91. The van der Waals surface area contributed by atoms with Gasteiger partial charge < -0.3 is 16.0 Å². The topological polar surface area (TPSA) is 93.2 Å². The number of piperidine rings is 1. The van der Waals surface area contributed by atoms with Gasteiger partial charge in [0.1, 0.15) is 4.83 Å². The number of amides is 2. The molecule has 1 aliphatic heterocycles. The first kappa shape index (κ1) is 22.4. The number of para-hydroxylation sites is 2. The van der Waals surface area contributed by atoms with Crippen molar-refractivity contribution in [1.82, 2.24) is 9.78 Å². The van der Waals surface area contributed by atoms with Crippen LogP contribution >= 0.6 is 22.9 Å². The highest BCUT2D eigenvalue weighted by Gasteiger charge is 2.25. The summed E-state index contributed by atoms with van der Waals surface area (Å²) in [5, 5.41) is 9.29. The molecule has 2 aromatic heterocycles. The number of nitrogens with one attached hydrogen (secondary N) is 1. The van der Waals surface area contributed by atoms with E-state index in [1.54, 1.807) is 0 Å². The van der Waals surface area contributed by atoms with Crippen LogP contribution in [0.5, 0.6) is 0 Å². The Morgan fingerprint density at radius 2 is 1.88 bits per heavy atom. The summed E-state index contributed by atoms with van der Waals surface area (Å²) in [6.07, 6.45) is 1.43. The monoisotopic (exact) mass is 493 g/mol. The van der Waals surface area contributed by atoms with Crippen molar-refractivity contribution in [2.45, 2.75) is 19.8 Å². The van der Waals surface area contributed by atoms with E-state index in [1.165, 1.54) is 11.3 Å². The van der Waals surface area contributed by atoms with Crippen LogP contribution in [0.2, 0.25) is 5.02 Å². The van der Waals surface area contributed by atoms with Crippen molar-refractivity contribution >= 4 is 56.3 Å². The smallest absolute Gasteiger partial charge is 0.265 e. The molecule has 1 fully saturated rings. The maximum Gasteiger partial charge on any atom is 0.265 e. The van der Waals surface area contributed by atoms with Crippen LogP contribution in [0.4, 0.5) is 11.4 Å². The number of aryl methyl sites for hydroxylation is 1. The number of benzene rings is 2. The van der Waals surface area contributed by atoms with Crippen LogP contribution in [0.25, 0.3) is 15.9 Å². The number of aromatic nitrogens is 2. The maximum atomic E-state index is 13.2. The summed E-state index contributed by atoms with van der Waals surface area (Å²) >= 11 is 7.57. The van der Waals surface area contributed by atoms with Crippen molar-refractivity contribution in [3.8, 4) is 5.69 Å². The minimum absolute atomic E-state index is 0.0844. The predicted molar refractivity (Wildman–Crippen MR) is 137 cm³/mol. The average Bonchev–Trinajstić information content (AvgIpc) is 3.40. The van der Waals surface area contributed by atoms with Gasteiger partial charge in [0.2, 0.25) is 5.91 Å². The van der Waals surface area contributed by atoms with Gasteiger partial charge in [-0.15, -0.1) is 11.3 Å². The lowest BCUT2D eigenvalue weighted by Crippen LogP contribution is -2.38. The summed E-state index contributed by atoms with van der Waals surface area (Å²) < 4.78 is 1.83. The van der Waals surface area contributed by atoms with E-state index in [-0.39, 0.29) is 17.7 Å². The molecule has 0 spiro atoms. The first-order valence-corrected chi connectivity index (χ1v) is 12.3. The number of carbonyl (C=O) groups excluding carboxylic acids is 2. The van der Waals surface area contributed by atoms with Crippen LogP contribution in [0.15, 0.2) is 54.6 Å². The molecule has 34 heavy (non-hydrogen) atoms. The molecule has 2 aromatic carbocycles. The van der Waals surface area contributed by atoms with E-state index in [0.29, 0.717) is 22.7 Å². The minimum atomic E-state index is -0.238. The molecule has 0 radical (unpaired) electrons. The van der Waals surface area contributed by atoms with Crippen molar-refractivity contribution in [2.24, 2.45) is 11.7 Å². The molecule has 5 rings (SSSR count). The summed E-state index contributed by atoms with van der Waals surface area (Å²) in [6.45, 7) is 3.37. The van der Waals surface area contributed by atoms with Crippen LogP contribution in [0.1, 0.15) is 28.2 Å². The fourth-order valence-electron chi connectivity index (χ4n) is 4.39. The van der Waals surface area contributed by atoms with E-state index >= 15 is 0 Å². The molecule has 0 atom stereocenters. The third-order valence-corrected chi connectivity index (χ3v) is 7.56. The number of fused-ring (bicyclic) bond motifs is 1. The highest BCUT2D eigenvalue weighted by molar-refractivity contribution is 7.20. The summed E-state index contributed by atoms with van der Waals surface area (Å²) in [5.41, 5.74) is 8.87. The van der Waals surface area contributed by atoms with E-state index in [1.807, 2.05) is 66.2 Å². The Labute approximate surface area is 206 Å². The number of primary amides is 1. The maximum absolute atomic E-state index is 13.2. The zero-order valence-electron chi connectivity index (χ0n) is 18.6. The Morgan fingerprint density at radius 1 is 1.12 bits per heavy atom. The van der Waals surface area contributed by atoms with E-state index in [4.69, 9.17) is 17.3 Å². The molecule has 1 saturated heterocycles. The molecule has 0 bridgehead atoms. The number of rotatable bonds is 5. The van der Waals surface area contributed by atoms with Crippen molar-refractivity contribution in [3.05, 3.63) is 70.2 Å². The normalized spacial score (nSPS) is 14.5. The number of thiophene rings is 1. The Hall–Kier alpha value is -3.36. The largest absolute Gasteiger partial charge is 0.370 e. The zero-order chi connectivity index (χ0) is 23.8. The molecule has 3 heterocycles. The quantitative estimate of drug-likeness (QED) is 0.409. The number of nitrogens with zero attached hydrogens (tertiary/aromatic N) is 3. The number of nitrogens with two attached hydrogens (primary N) is 1. The molecule has 7 nitrogen and oxygen atoms in total. The Kier molecular flexibility index (Phi) is 6.02. The van der Waals surface area contributed by atoms with Crippen LogP contribution in [-0.4, -0.2) is 34.7 Å². The van der Waals surface area contributed by atoms with Crippen LogP contribution in [0.3, 0.4) is 0 Å². The van der Waals surface area contributed by atoms with Crippen molar-refractivity contribution in [1.29, 1.82) is 0 Å². The molecular formula is C25H24ClN5O2S. The van der Waals surface area contributed by atoms with E-state index < -0.39 is 0 Å².